The van der Waals surface area contributed by atoms with E-state index in [9.17, 15) is 14.7 Å². The molecule has 1 saturated heterocycles. The third kappa shape index (κ3) is 7.93. The number of imidazole rings is 1. The van der Waals surface area contributed by atoms with Gasteiger partial charge in [0.25, 0.3) is 5.91 Å². The number of rotatable bonds is 10. The Kier molecular flexibility index (Phi) is 12.5. The number of hydrogen-bond donors (Lipinski definition) is 2. The molecule has 0 radical (unpaired) electrons. The smallest absolute Gasteiger partial charge is 0.303 e. The molecule has 1 saturated carbocycles. The van der Waals surface area contributed by atoms with Crippen LogP contribution in [0.2, 0.25) is 0 Å². The molecule has 43 heavy (non-hydrogen) atoms. The summed E-state index contributed by atoms with van der Waals surface area (Å²) in [6.07, 6.45) is 7.44. The van der Waals surface area contributed by atoms with E-state index in [0.717, 1.165) is 30.5 Å². The van der Waals surface area contributed by atoms with E-state index < -0.39 is 5.60 Å². The first-order chi connectivity index (χ1) is 19.9. The molecule has 2 aromatic heterocycles. The van der Waals surface area contributed by atoms with E-state index in [-0.39, 0.29) is 62.0 Å². The predicted octanol–water partition coefficient (Wildman–Crippen LogP) is 3.05. The van der Waals surface area contributed by atoms with Crippen LogP contribution in [0, 0.1) is 0 Å². The number of nitrogens with one attached hydrogen (secondary N) is 1. The minimum absolute atomic E-state index is 0. The average molecular weight is 639 g/mol. The number of benzene rings is 1. The van der Waals surface area contributed by atoms with Gasteiger partial charge >= 0.3 is 5.97 Å². The fraction of sp³-hybridized carbons (Fsp3) is 0.552. The second kappa shape index (κ2) is 15.6. The molecule has 14 heteroatoms. The topological polar surface area (TPSA) is 137 Å². The number of ether oxygens (including phenoxy) is 2. The van der Waals surface area contributed by atoms with Gasteiger partial charge in [-0.15, -0.1) is 29.9 Å². The number of aliphatic hydroxyl groups is 1. The van der Waals surface area contributed by atoms with Gasteiger partial charge in [-0.1, -0.05) is 48.4 Å². The third-order valence-electron chi connectivity index (χ3n) is 8.04. The number of piperazine rings is 1. The van der Waals surface area contributed by atoms with Crippen molar-refractivity contribution in [1.29, 1.82) is 0 Å². The maximum Gasteiger partial charge on any atom is 0.303 e. The second-order valence-electron chi connectivity index (χ2n) is 10.9. The largest absolute Gasteiger partial charge is 0.459 e. The van der Waals surface area contributed by atoms with Crippen LogP contribution in [-0.2, 0) is 27.4 Å². The normalized spacial score (nSPS) is 21.9. The second-order valence-corrected chi connectivity index (χ2v) is 10.9. The number of carbonyl (C=O) groups is 2. The number of esters is 1. The number of aromatic nitrogens is 5. The van der Waals surface area contributed by atoms with Crippen molar-refractivity contribution in [2.75, 3.05) is 33.4 Å². The molecule has 2 fully saturated rings. The Morgan fingerprint density at radius 2 is 1.98 bits per heavy atom. The van der Waals surface area contributed by atoms with Crippen LogP contribution >= 0.6 is 24.8 Å². The predicted molar refractivity (Wildman–Crippen MR) is 164 cm³/mol. The molecule has 236 valence electrons. The lowest BCUT2D eigenvalue weighted by molar-refractivity contribution is -0.142. The van der Waals surface area contributed by atoms with Gasteiger partial charge in [0.15, 0.2) is 5.69 Å². The molecular weight excluding hydrogens is 597 g/mol. The fourth-order valence-electron chi connectivity index (χ4n) is 6.05. The monoisotopic (exact) mass is 637 g/mol. The van der Waals surface area contributed by atoms with Crippen molar-refractivity contribution in [3.8, 4) is 11.3 Å². The summed E-state index contributed by atoms with van der Waals surface area (Å²) in [5.41, 5.74) is 1.53. The lowest BCUT2D eigenvalue weighted by Gasteiger charge is -2.41. The van der Waals surface area contributed by atoms with Crippen LogP contribution in [0.4, 0.5) is 0 Å². The van der Waals surface area contributed by atoms with Crippen LogP contribution in [0.15, 0.2) is 42.9 Å². The molecule has 1 amide bonds. The Morgan fingerprint density at radius 3 is 2.72 bits per heavy atom. The summed E-state index contributed by atoms with van der Waals surface area (Å²) in [6, 6.07) is 9.47. The van der Waals surface area contributed by atoms with Gasteiger partial charge in [-0.2, -0.15) is 0 Å². The van der Waals surface area contributed by atoms with Crippen molar-refractivity contribution in [1.82, 2.24) is 34.8 Å². The minimum Gasteiger partial charge on any atom is -0.459 e. The molecular formula is C29H41Cl2N7O5. The van der Waals surface area contributed by atoms with Crippen molar-refractivity contribution in [2.24, 2.45) is 0 Å². The van der Waals surface area contributed by atoms with Crippen LogP contribution in [0.25, 0.3) is 11.3 Å². The number of nitrogens with zero attached hydrogens (tertiary/aromatic N) is 6. The van der Waals surface area contributed by atoms with Gasteiger partial charge < -0.3 is 29.4 Å². The Bertz CT molecular complexity index is 1330. The summed E-state index contributed by atoms with van der Waals surface area (Å²) in [7, 11) is 1.61. The van der Waals surface area contributed by atoms with Gasteiger partial charge in [0.2, 0.25) is 0 Å². The maximum atomic E-state index is 14.2. The molecule has 1 aliphatic heterocycles. The van der Waals surface area contributed by atoms with Gasteiger partial charge in [0.05, 0.1) is 30.9 Å². The highest BCUT2D eigenvalue weighted by atomic mass is 35.5. The average Bonchev–Trinajstić information content (AvgIpc) is 3.63. The van der Waals surface area contributed by atoms with E-state index in [1.54, 1.807) is 24.3 Å². The summed E-state index contributed by atoms with van der Waals surface area (Å²) in [6.45, 7) is 4.10. The molecule has 5 rings (SSSR count). The lowest BCUT2D eigenvalue weighted by Crippen LogP contribution is -2.54. The van der Waals surface area contributed by atoms with Crippen molar-refractivity contribution < 1.29 is 24.2 Å². The number of carbonyl (C=O) groups excluding carboxylic acids is 2. The Morgan fingerprint density at radius 1 is 1.19 bits per heavy atom. The van der Waals surface area contributed by atoms with E-state index in [1.807, 2.05) is 39.8 Å². The summed E-state index contributed by atoms with van der Waals surface area (Å²) in [5, 5.41) is 23.2. The van der Waals surface area contributed by atoms with Crippen LogP contribution in [0.1, 0.15) is 61.3 Å². The molecule has 3 atom stereocenters. The van der Waals surface area contributed by atoms with Crippen molar-refractivity contribution in [3.05, 3.63) is 54.2 Å². The van der Waals surface area contributed by atoms with E-state index >= 15 is 0 Å². The molecule has 12 nitrogen and oxygen atoms in total. The summed E-state index contributed by atoms with van der Waals surface area (Å²) in [4.78, 5) is 31.9. The molecule has 2 aliphatic rings. The standard InChI is InChI=1S/C29H39N7O5.2ClH/c1-21(37)41-18-23-17-34(33-32-23)14-11-24-16-30-13-15-35(24)28(38)26-27(22-8-4-3-5-9-22)36(20-31-26)25-10-6-7-12-29(25,39)19-40-2;;/h3-5,8-9,17,20,24-25,30,39H,6-7,10-16,18-19H2,1-2H3;2*1H/t24-,25-,29-;;/m1../s1. The zero-order valence-corrected chi connectivity index (χ0v) is 26.2. The number of amides is 1. The van der Waals surface area contributed by atoms with Gasteiger partial charge in [0.1, 0.15) is 17.9 Å². The van der Waals surface area contributed by atoms with E-state index in [2.05, 4.69) is 20.6 Å². The molecule has 3 heterocycles. The highest BCUT2D eigenvalue weighted by Gasteiger charge is 2.42. The molecule has 3 aromatic rings. The number of hydrogen-bond acceptors (Lipinski definition) is 9. The van der Waals surface area contributed by atoms with Gasteiger partial charge in [0, 0.05) is 51.8 Å². The molecule has 0 unspecified atom stereocenters. The first-order valence-electron chi connectivity index (χ1n) is 14.3. The fourth-order valence-corrected chi connectivity index (χ4v) is 6.05. The Labute approximate surface area is 263 Å². The van der Waals surface area contributed by atoms with Crippen LogP contribution in [-0.4, -0.2) is 91.4 Å². The third-order valence-corrected chi connectivity index (χ3v) is 8.04. The van der Waals surface area contributed by atoms with Crippen molar-refractivity contribution in [2.45, 2.75) is 69.9 Å². The SMILES string of the molecule is COC[C@]1(O)CCCC[C@H]1n1cnc(C(=O)N2CCNC[C@H]2CCn2cc(COC(C)=O)nn2)c1-c1ccccc1.Cl.Cl. The van der Waals surface area contributed by atoms with Gasteiger partial charge in [-0.25, -0.2) is 4.98 Å². The first-order valence-corrected chi connectivity index (χ1v) is 14.3. The van der Waals surface area contributed by atoms with E-state index in [4.69, 9.17) is 9.47 Å². The number of halogens is 2. The molecule has 1 aromatic carbocycles. The summed E-state index contributed by atoms with van der Waals surface area (Å²) >= 11 is 0. The first kappa shape index (κ1) is 34.5. The highest BCUT2D eigenvalue weighted by molar-refractivity contribution is 5.98. The van der Waals surface area contributed by atoms with Gasteiger partial charge in [-0.05, 0) is 19.3 Å². The highest BCUT2D eigenvalue weighted by Crippen LogP contribution is 2.41. The van der Waals surface area contributed by atoms with E-state index in [0.29, 0.717) is 50.4 Å². The summed E-state index contributed by atoms with van der Waals surface area (Å²) < 4.78 is 14.1. The molecule has 2 N–H and O–H groups in total. The van der Waals surface area contributed by atoms with Crippen LogP contribution < -0.4 is 5.32 Å². The molecule has 0 spiro atoms. The van der Waals surface area contributed by atoms with Crippen LogP contribution in [0.5, 0.6) is 0 Å². The quantitative estimate of drug-likeness (QED) is 0.321. The minimum atomic E-state index is -1.04. The van der Waals surface area contributed by atoms with Gasteiger partial charge in [-0.3, -0.25) is 14.3 Å². The van der Waals surface area contributed by atoms with E-state index in [1.165, 1.54) is 6.92 Å². The number of methoxy groups -OCH3 is 1. The zero-order valence-electron chi connectivity index (χ0n) is 24.6. The Hall–Kier alpha value is -3.03. The molecule has 0 bridgehead atoms. The van der Waals surface area contributed by atoms with Crippen LogP contribution in [0.3, 0.4) is 0 Å². The Balaban J connectivity index is 0.00000253. The number of aryl methyl sites for hydroxylation is 1. The lowest BCUT2D eigenvalue weighted by atomic mass is 9.80. The van der Waals surface area contributed by atoms with Crippen molar-refractivity contribution >= 4 is 36.7 Å². The zero-order chi connectivity index (χ0) is 28.8. The maximum absolute atomic E-state index is 14.2. The van der Waals surface area contributed by atoms with Crippen molar-refractivity contribution in [3.63, 3.8) is 0 Å². The molecule has 1 aliphatic carbocycles. The summed E-state index contributed by atoms with van der Waals surface area (Å²) in [5.74, 6) is -0.500.